The van der Waals surface area contributed by atoms with Gasteiger partial charge >= 0.3 is 6.09 Å². The standard InChI is InChI=1S/C19H25N5O2/c1-3-15-7-5-6-8-16(15)21-17-9-10-20-18(22-17)23-11-13-24(14-12-23)19(25)26-4-2/h5-10H,3-4,11-14H2,1-2H3,(H,20,21,22). The van der Waals surface area contributed by atoms with Crippen molar-refractivity contribution in [2.45, 2.75) is 20.3 Å². The number of nitrogens with one attached hydrogen (secondary N) is 1. The Balaban J connectivity index is 1.66. The molecule has 26 heavy (non-hydrogen) atoms. The van der Waals surface area contributed by atoms with Gasteiger partial charge in [0.05, 0.1) is 6.61 Å². The summed E-state index contributed by atoms with van der Waals surface area (Å²) in [5.74, 6) is 1.44. The lowest BCUT2D eigenvalue weighted by Gasteiger charge is -2.34. The molecule has 0 aliphatic carbocycles. The van der Waals surface area contributed by atoms with Crippen molar-refractivity contribution in [1.82, 2.24) is 14.9 Å². The van der Waals surface area contributed by atoms with Gasteiger partial charge in [0.2, 0.25) is 5.95 Å². The van der Waals surface area contributed by atoms with E-state index in [-0.39, 0.29) is 6.09 Å². The number of rotatable bonds is 5. The van der Waals surface area contributed by atoms with Gasteiger partial charge in [0.1, 0.15) is 5.82 Å². The number of benzene rings is 1. The summed E-state index contributed by atoms with van der Waals surface area (Å²) >= 11 is 0. The predicted octanol–water partition coefficient (Wildman–Crippen LogP) is 3.06. The zero-order valence-electron chi connectivity index (χ0n) is 15.3. The Bertz CT molecular complexity index is 744. The summed E-state index contributed by atoms with van der Waals surface area (Å²) in [5.41, 5.74) is 2.31. The third-order valence-corrected chi connectivity index (χ3v) is 4.39. The zero-order chi connectivity index (χ0) is 18.4. The first-order chi connectivity index (χ1) is 12.7. The second-order valence-electron chi connectivity index (χ2n) is 6.05. The molecule has 2 heterocycles. The van der Waals surface area contributed by atoms with Crippen LogP contribution in [0.2, 0.25) is 0 Å². The number of ether oxygens (including phenoxy) is 1. The highest BCUT2D eigenvalue weighted by Crippen LogP contribution is 2.21. The maximum absolute atomic E-state index is 11.8. The molecule has 7 heteroatoms. The number of para-hydroxylation sites is 1. The van der Waals surface area contributed by atoms with Crippen molar-refractivity contribution in [3.63, 3.8) is 0 Å². The van der Waals surface area contributed by atoms with Crippen LogP contribution in [-0.4, -0.2) is 53.7 Å². The lowest BCUT2D eigenvalue weighted by atomic mass is 10.1. The molecule has 3 rings (SSSR count). The van der Waals surface area contributed by atoms with Gasteiger partial charge in [0.15, 0.2) is 0 Å². The SMILES string of the molecule is CCOC(=O)N1CCN(c2nccc(Nc3ccccc3CC)n2)CC1. The molecule has 138 valence electrons. The predicted molar refractivity (Wildman–Crippen MR) is 102 cm³/mol. The molecule has 7 nitrogen and oxygen atoms in total. The molecule has 1 fully saturated rings. The number of anilines is 3. The van der Waals surface area contributed by atoms with Gasteiger partial charge in [-0.15, -0.1) is 0 Å². The number of aryl methyl sites for hydroxylation is 1. The van der Waals surface area contributed by atoms with Crippen LogP contribution in [0.5, 0.6) is 0 Å². The Labute approximate surface area is 154 Å². The smallest absolute Gasteiger partial charge is 0.409 e. The summed E-state index contributed by atoms with van der Waals surface area (Å²) in [7, 11) is 0. The van der Waals surface area contributed by atoms with Crippen molar-refractivity contribution < 1.29 is 9.53 Å². The van der Waals surface area contributed by atoms with Crippen LogP contribution in [0.1, 0.15) is 19.4 Å². The number of carbonyl (C=O) groups is 1. The molecule has 0 unspecified atom stereocenters. The minimum atomic E-state index is -0.250. The number of hydrogen-bond acceptors (Lipinski definition) is 6. The molecule has 0 radical (unpaired) electrons. The highest BCUT2D eigenvalue weighted by Gasteiger charge is 2.23. The van der Waals surface area contributed by atoms with E-state index in [1.54, 1.807) is 11.1 Å². The average molecular weight is 355 g/mol. The number of nitrogens with zero attached hydrogens (tertiary/aromatic N) is 4. The van der Waals surface area contributed by atoms with E-state index in [0.29, 0.717) is 38.7 Å². The Morgan fingerprint density at radius 2 is 1.92 bits per heavy atom. The van der Waals surface area contributed by atoms with Crippen LogP contribution in [0.25, 0.3) is 0 Å². The van der Waals surface area contributed by atoms with Crippen molar-refractivity contribution in [2.75, 3.05) is 43.0 Å². The molecule has 0 spiro atoms. The van der Waals surface area contributed by atoms with Gasteiger partial charge in [-0.1, -0.05) is 25.1 Å². The third kappa shape index (κ3) is 4.22. The molecule has 0 atom stereocenters. The summed E-state index contributed by atoms with van der Waals surface area (Å²) < 4.78 is 5.06. The fraction of sp³-hybridized carbons (Fsp3) is 0.421. The molecule has 1 N–H and O–H groups in total. The van der Waals surface area contributed by atoms with Crippen LogP contribution in [-0.2, 0) is 11.2 Å². The van der Waals surface area contributed by atoms with Gasteiger partial charge in [-0.25, -0.2) is 9.78 Å². The van der Waals surface area contributed by atoms with E-state index in [0.717, 1.165) is 17.9 Å². The van der Waals surface area contributed by atoms with E-state index in [1.807, 2.05) is 25.1 Å². The van der Waals surface area contributed by atoms with Crippen molar-refractivity contribution in [3.05, 3.63) is 42.1 Å². The lowest BCUT2D eigenvalue weighted by Crippen LogP contribution is -2.49. The highest BCUT2D eigenvalue weighted by molar-refractivity contribution is 5.68. The van der Waals surface area contributed by atoms with Gasteiger partial charge in [-0.05, 0) is 31.0 Å². The molecule has 0 bridgehead atoms. The average Bonchev–Trinajstić information content (AvgIpc) is 2.69. The van der Waals surface area contributed by atoms with Crippen molar-refractivity contribution in [1.29, 1.82) is 0 Å². The van der Waals surface area contributed by atoms with Gasteiger partial charge in [0.25, 0.3) is 0 Å². The van der Waals surface area contributed by atoms with E-state index in [1.165, 1.54) is 5.56 Å². The monoisotopic (exact) mass is 355 g/mol. The molecule has 1 saturated heterocycles. The van der Waals surface area contributed by atoms with Crippen molar-refractivity contribution in [3.8, 4) is 0 Å². The van der Waals surface area contributed by atoms with E-state index in [9.17, 15) is 4.79 Å². The van der Waals surface area contributed by atoms with Crippen molar-refractivity contribution >= 4 is 23.5 Å². The molecule has 1 amide bonds. The fourth-order valence-electron chi connectivity index (χ4n) is 2.96. The molecular weight excluding hydrogens is 330 g/mol. The van der Waals surface area contributed by atoms with E-state index in [4.69, 9.17) is 4.74 Å². The van der Waals surface area contributed by atoms with Crippen LogP contribution >= 0.6 is 0 Å². The maximum atomic E-state index is 11.8. The lowest BCUT2D eigenvalue weighted by molar-refractivity contribution is 0.105. The van der Waals surface area contributed by atoms with E-state index >= 15 is 0 Å². The first-order valence-corrected chi connectivity index (χ1v) is 9.06. The van der Waals surface area contributed by atoms with Crippen LogP contribution < -0.4 is 10.2 Å². The number of hydrogen-bond donors (Lipinski definition) is 1. The largest absolute Gasteiger partial charge is 0.450 e. The molecule has 1 aromatic carbocycles. The van der Waals surface area contributed by atoms with Crippen LogP contribution in [0.3, 0.4) is 0 Å². The minimum Gasteiger partial charge on any atom is -0.450 e. The molecule has 1 aromatic heterocycles. The van der Waals surface area contributed by atoms with E-state index < -0.39 is 0 Å². The minimum absolute atomic E-state index is 0.250. The molecular formula is C19H25N5O2. The maximum Gasteiger partial charge on any atom is 0.409 e. The van der Waals surface area contributed by atoms with Gasteiger partial charge in [-0.2, -0.15) is 4.98 Å². The van der Waals surface area contributed by atoms with Crippen LogP contribution in [0.4, 0.5) is 22.2 Å². The summed E-state index contributed by atoms with van der Waals surface area (Å²) in [6.07, 6.45) is 2.47. The van der Waals surface area contributed by atoms with Gasteiger partial charge in [-0.3, -0.25) is 0 Å². The zero-order valence-corrected chi connectivity index (χ0v) is 15.3. The summed E-state index contributed by atoms with van der Waals surface area (Å²) in [5, 5.41) is 3.38. The summed E-state index contributed by atoms with van der Waals surface area (Å²) in [6.45, 7) is 6.94. The fourth-order valence-corrected chi connectivity index (χ4v) is 2.96. The number of piperazine rings is 1. The first-order valence-electron chi connectivity index (χ1n) is 9.06. The Morgan fingerprint density at radius 1 is 1.15 bits per heavy atom. The van der Waals surface area contributed by atoms with E-state index in [2.05, 4.69) is 39.2 Å². The Hall–Kier alpha value is -2.83. The summed E-state index contributed by atoms with van der Waals surface area (Å²) in [4.78, 5) is 24.7. The number of amides is 1. The highest BCUT2D eigenvalue weighted by atomic mass is 16.6. The first kappa shape index (κ1) is 18.0. The Morgan fingerprint density at radius 3 is 2.65 bits per heavy atom. The molecule has 0 saturated carbocycles. The number of aromatic nitrogens is 2. The molecule has 2 aromatic rings. The molecule has 1 aliphatic heterocycles. The third-order valence-electron chi connectivity index (χ3n) is 4.39. The second-order valence-corrected chi connectivity index (χ2v) is 6.05. The quantitative estimate of drug-likeness (QED) is 0.889. The second kappa shape index (κ2) is 8.51. The van der Waals surface area contributed by atoms with Gasteiger partial charge < -0.3 is 19.9 Å². The van der Waals surface area contributed by atoms with Crippen LogP contribution in [0.15, 0.2) is 36.5 Å². The Kier molecular flexibility index (Phi) is 5.88. The topological polar surface area (TPSA) is 70.6 Å². The van der Waals surface area contributed by atoms with Gasteiger partial charge in [0, 0.05) is 38.1 Å². The van der Waals surface area contributed by atoms with Crippen molar-refractivity contribution in [2.24, 2.45) is 0 Å². The number of carbonyl (C=O) groups excluding carboxylic acids is 1. The summed E-state index contributed by atoms with van der Waals surface area (Å²) in [6, 6.07) is 10.1. The van der Waals surface area contributed by atoms with Crippen LogP contribution in [0, 0.1) is 0 Å². The molecule has 1 aliphatic rings. The normalized spacial score (nSPS) is 14.2.